The van der Waals surface area contributed by atoms with Gasteiger partial charge in [0.25, 0.3) is 12.5 Å². The maximum absolute atomic E-state index is 8.87. The molecule has 0 aliphatic heterocycles. The van der Waals surface area contributed by atoms with Gasteiger partial charge in [-0.25, -0.2) is 0 Å². The van der Waals surface area contributed by atoms with Gasteiger partial charge in [-0.3, -0.25) is 0 Å². The Kier molecular flexibility index (Phi) is 6.35. The summed E-state index contributed by atoms with van der Waals surface area (Å²) < 4.78 is 9.99. The van der Waals surface area contributed by atoms with Gasteiger partial charge in [-0.2, -0.15) is 0 Å². The number of ether oxygens (including phenoxy) is 2. The number of benzene rings is 2. The molecule has 0 radical (unpaired) electrons. The van der Waals surface area contributed by atoms with Crippen LogP contribution in [0.3, 0.4) is 0 Å². The number of rotatable bonds is 6. The van der Waals surface area contributed by atoms with Crippen molar-refractivity contribution in [1.82, 2.24) is 0 Å². The van der Waals surface area contributed by atoms with Crippen LogP contribution in [0.1, 0.15) is 55.7 Å². The summed E-state index contributed by atoms with van der Waals surface area (Å²) in [6.07, 6.45) is 9.79. The summed E-state index contributed by atoms with van der Waals surface area (Å²) in [5.41, 5.74) is 4.94. The zero-order chi connectivity index (χ0) is 19.9. The van der Waals surface area contributed by atoms with Crippen molar-refractivity contribution in [2.45, 2.75) is 45.4 Å². The Labute approximate surface area is 166 Å². The minimum absolute atomic E-state index is 0.483. The Morgan fingerprint density at radius 1 is 1.04 bits per heavy atom. The second-order valence-electron chi connectivity index (χ2n) is 7.58. The van der Waals surface area contributed by atoms with Gasteiger partial charge in [0, 0.05) is 0 Å². The topological polar surface area (TPSA) is 66.0 Å². The molecule has 142 valence electrons. The fourth-order valence-corrected chi connectivity index (χ4v) is 3.79. The average Bonchev–Trinajstić information content (AvgIpc) is 2.70. The first-order valence-electron chi connectivity index (χ1n) is 9.65. The second-order valence-corrected chi connectivity index (χ2v) is 7.58. The summed E-state index contributed by atoms with van der Waals surface area (Å²) in [6.45, 7) is 4.33. The van der Waals surface area contributed by atoms with Crippen LogP contribution in [-0.2, 0) is 6.42 Å². The molecule has 2 aromatic rings. The molecular weight excluding hydrogens is 348 g/mol. The van der Waals surface area contributed by atoms with Gasteiger partial charge >= 0.3 is 0 Å². The molecule has 0 spiro atoms. The van der Waals surface area contributed by atoms with Crippen molar-refractivity contribution in [2.24, 2.45) is 5.92 Å². The highest BCUT2D eigenvalue weighted by molar-refractivity contribution is 5.68. The quantitative estimate of drug-likeness (QED) is 0.587. The molecule has 3 rings (SSSR count). The van der Waals surface area contributed by atoms with Crippen LogP contribution < -0.4 is 9.47 Å². The van der Waals surface area contributed by atoms with Crippen LogP contribution >= 0.6 is 0 Å². The highest BCUT2D eigenvalue weighted by Gasteiger charge is 2.18. The molecule has 1 aliphatic rings. The fourth-order valence-electron chi connectivity index (χ4n) is 3.79. The maximum atomic E-state index is 8.87. The van der Waals surface area contributed by atoms with E-state index in [-0.39, 0.29) is 0 Å². The summed E-state index contributed by atoms with van der Waals surface area (Å²) >= 11 is 0. The molecule has 1 atom stereocenters. The summed E-state index contributed by atoms with van der Waals surface area (Å²) in [7, 11) is 0. The first kappa shape index (κ1) is 19.5. The molecule has 0 bridgehead atoms. The van der Waals surface area contributed by atoms with Gasteiger partial charge in [0.1, 0.15) is 11.5 Å². The molecule has 4 nitrogen and oxygen atoms in total. The van der Waals surface area contributed by atoms with Crippen LogP contribution in [0, 0.1) is 29.0 Å². The Morgan fingerprint density at radius 3 is 2.39 bits per heavy atom. The second kappa shape index (κ2) is 9.11. The van der Waals surface area contributed by atoms with Crippen molar-refractivity contribution in [2.75, 3.05) is 0 Å². The molecule has 1 unspecified atom stereocenters. The van der Waals surface area contributed by atoms with E-state index in [9.17, 15) is 0 Å². The van der Waals surface area contributed by atoms with E-state index in [1.54, 1.807) is 12.5 Å². The summed E-state index contributed by atoms with van der Waals surface area (Å²) in [6, 6.07) is 13.9. The first-order valence-corrected chi connectivity index (χ1v) is 9.65. The smallest absolute Gasteiger partial charge is 0.292 e. The number of hydrogen-bond donors (Lipinski definition) is 0. The SMILES string of the molecule is CC(C)Cc1cc(C2=CCC(c3ccc(OC#N)cc3)CC2)ccc1OC#N. The molecule has 0 aromatic heterocycles. The van der Waals surface area contributed by atoms with Crippen LogP contribution in [0.25, 0.3) is 5.57 Å². The highest BCUT2D eigenvalue weighted by atomic mass is 16.5. The van der Waals surface area contributed by atoms with E-state index in [1.807, 2.05) is 30.3 Å². The van der Waals surface area contributed by atoms with E-state index < -0.39 is 0 Å². The minimum Gasteiger partial charge on any atom is -0.388 e. The van der Waals surface area contributed by atoms with Gasteiger partial charge in [0.05, 0.1) is 0 Å². The van der Waals surface area contributed by atoms with Crippen molar-refractivity contribution in [3.63, 3.8) is 0 Å². The van der Waals surface area contributed by atoms with Crippen molar-refractivity contribution in [3.05, 3.63) is 65.2 Å². The summed E-state index contributed by atoms with van der Waals surface area (Å²) in [5.74, 6) is 2.22. The molecular formula is C24H24N2O2. The molecule has 0 N–H and O–H groups in total. The Bertz CT molecular complexity index is 931. The number of hydrogen-bond acceptors (Lipinski definition) is 4. The molecule has 0 fully saturated rings. The lowest BCUT2D eigenvalue weighted by molar-refractivity contribution is 0.493. The first-order chi connectivity index (χ1) is 13.6. The zero-order valence-electron chi connectivity index (χ0n) is 16.3. The third-order valence-corrected chi connectivity index (χ3v) is 5.14. The van der Waals surface area contributed by atoms with E-state index in [2.05, 4.69) is 32.1 Å². The minimum atomic E-state index is 0.483. The fraction of sp³-hybridized carbons (Fsp3) is 0.333. The molecule has 4 heteroatoms. The van der Waals surface area contributed by atoms with Crippen molar-refractivity contribution >= 4 is 5.57 Å². The predicted octanol–water partition coefficient (Wildman–Crippen LogP) is 5.96. The van der Waals surface area contributed by atoms with E-state index >= 15 is 0 Å². The number of allylic oxidation sites excluding steroid dienone is 2. The van der Waals surface area contributed by atoms with E-state index in [0.29, 0.717) is 23.3 Å². The Morgan fingerprint density at radius 2 is 1.79 bits per heavy atom. The molecule has 1 aliphatic carbocycles. The largest absolute Gasteiger partial charge is 0.388 e. The van der Waals surface area contributed by atoms with Gasteiger partial charge < -0.3 is 9.47 Å². The molecule has 0 heterocycles. The monoisotopic (exact) mass is 372 g/mol. The van der Waals surface area contributed by atoms with Crippen LogP contribution in [-0.4, -0.2) is 0 Å². The predicted molar refractivity (Wildman–Crippen MR) is 108 cm³/mol. The van der Waals surface area contributed by atoms with Gasteiger partial charge in [-0.05, 0) is 84.0 Å². The van der Waals surface area contributed by atoms with Crippen molar-refractivity contribution < 1.29 is 9.47 Å². The van der Waals surface area contributed by atoms with Gasteiger partial charge in [-0.1, -0.05) is 38.1 Å². The zero-order valence-corrected chi connectivity index (χ0v) is 16.3. The third kappa shape index (κ3) is 4.72. The lowest BCUT2D eigenvalue weighted by atomic mass is 9.82. The standard InChI is InChI=1S/C24H24N2O2/c1-17(2)13-22-14-21(9-12-24(22)28-16-26)20-5-3-18(4-6-20)19-7-10-23(11-8-19)27-15-25/h5,7-12,14,17-18H,3-4,6,13H2,1-2H3. The molecule has 0 saturated carbocycles. The van der Waals surface area contributed by atoms with E-state index in [1.165, 1.54) is 16.7 Å². The maximum Gasteiger partial charge on any atom is 0.292 e. The van der Waals surface area contributed by atoms with Gasteiger partial charge in [0.15, 0.2) is 0 Å². The van der Waals surface area contributed by atoms with Crippen LogP contribution in [0.15, 0.2) is 48.5 Å². The van der Waals surface area contributed by atoms with E-state index in [4.69, 9.17) is 20.0 Å². The molecule has 0 saturated heterocycles. The highest BCUT2D eigenvalue weighted by Crippen LogP contribution is 2.37. The molecule has 28 heavy (non-hydrogen) atoms. The Hall–Kier alpha value is -3.24. The number of nitriles is 2. The van der Waals surface area contributed by atoms with Crippen LogP contribution in [0.4, 0.5) is 0 Å². The lowest BCUT2D eigenvalue weighted by Crippen LogP contribution is -2.05. The number of nitrogens with zero attached hydrogens (tertiary/aromatic N) is 2. The van der Waals surface area contributed by atoms with Crippen LogP contribution in [0.5, 0.6) is 11.5 Å². The summed E-state index contributed by atoms with van der Waals surface area (Å²) in [4.78, 5) is 0. The Balaban J connectivity index is 1.75. The average molecular weight is 372 g/mol. The van der Waals surface area contributed by atoms with Crippen molar-refractivity contribution in [3.8, 4) is 24.0 Å². The van der Waals surface area contributed by atoms with Crippen molar-refractivity contribution in [1.29, 1.82) is 10.5 Å². The van der Waals surface area contributed by atoms with Crippen LogP contribution in [0.2, 0.25) is 0 Å². The summed E-state index contributed by atoms with van der Waals surface area (Å²) in [5, 5.41) is 17.5. The van der Waals surface area contributed by atoms with Gasteiger partial charge in [-0.15, -0.1) is 10.5 Å². The molecule has 2 aromatic carbocycles. The molecule has 0 amide bonds. The third-order valence-electron chi connectivity index (χ3n) is 5.14. The van der Waals surface area contributed by atoms with E-state index in [0.717, 1.165) is 31.2 Å². The lowest BCUT2D eigenvalue weighted by Gasteiger charge is -2.23. The normalized spacial score (nSPS) is 16.0. The van der Waals surface area contributed by atoms with Gasteiger partial charge in [0.2, 0.25) is 0 Å².